The molecule has 0 bridgehead atoms. The van der Waals surface area contributed by atoms with Crippen molar-refractivity contribution in [3.05, 3.63) is 30.3 Å². The number of nitrogens with zero attached hydrogens (tertiary/aromatic N) is 2. The molecule has 1 atom stereocenters. The lowest BCUT2D eigenvalue weighted by molar-refractivity contribution is -0.143. The third-order valence-corrected chi connectivity index (χ3v) is 3.34. The van der Waals surface area contributed by atoms with E-state index < -0.39 is 12.7 Å². The molecule has 1 aliphatic rings. The number of aliphatic imine (C=N–C) groups is 1. The Balaban J connectivity index is 0.00000242. The number of hydrogen-bond acceptors (Lipinski definition) is 2. The number of halogens is 4. The van der Waals surface area contributed by atoms with Crippen molar-refractivity contribution in [2.24, 2.45) is 16.6 Å². The molecule has 0 spiro atoms. The molecule has 2 rings (SSSR count). The molecule has 1 saturated heterocycles. The van der Waals surface area contributed by atoms with E-state index in [0.29, 0.717) is 19.6 Å². The van der Waals surface area contributed by atoms with Crippen LogP contribution in [0, 0.1) is 5.92 Å². The summed E-state index contributed by atoms with van der Waals surface area (Å²) in [4.78, 5) is 5.63. The van der Waals surface area contributed by atoms with Crippen molar-refractivity contribution < 1.29 is 13.2 Å². The SMILES string of the molecule is I.NC(=NCC1CCN(CC(F)(F)F)C1)Nc1ccccc1. The Morgan fingerprint density at radius 3 is 2.64 bits per heavy atom. The Morgan fingerprint density at radius 1 is 1.32 bits per heavy atom. The highest BCUT2D eigenvalue weighted by Gasteiger charge is 2.34. The second kappa shape index (κ2) is 8.56. The zero-order valence-electron chi connectivity index (χ0n) is 12.0. The molecule has 1 heterocycles. The molecule has 1 aromatic rings. The number of alkyl halides is 3. The fourth-order valence-corrected chi connectivity index (χ4v) is 2.40. The summed E-state index contributed by atoms with van der Waals surface area (Å²) in [6.07, 6.45) is -3.41. The van der Waals surface area contributed by atoms with E-state index >= 15 is 0 Å². The molecule has 0 aliphatic carbocycles. The van der Waals surface area contributed by atoms with Gasteiger partial charge in [-0.3, -0.25) is 9.89 Å². The van der Waals surface area contributed by atoms with Crippen molar-refractivity contribution in [3.8, 4) is 0 Å². The second-order valence-electron chi connectivity index (χ2n) is 5.22. The van der Waals surface area contributed by atoms with Crippen LogP contribution in [0.2, 0.25) is 0 Å². The predicted molar refractivity (Wildman–Crippen MR) is 92.6 cm³/mol. The van der Waals surface area contributed by atoms with Gasteiger partial charge in [0.2, 0.25) is 0 Å². The molecular weight excluding hydrogens is 408 g/mol. The number of rotatable bonds is 4. The number of para-hydroxylation sites is 1. The average molecular weight is 428 g/mol. The van der Waals surface area contributed by atoms with Gasteiger partial charge in [0, 0.05) is 18.8 Å². The molecule has 22 heavy (non-hydrogen) atoms. The Morgan fingerprint density at radius 2 is 2.00 bits per heavy atom. The summed E-state index contributed by atoms with van der Waals surface area (Å²) in [6, 6.07) is 9.38. The van der Waals surface area contributed by atoms with Crippen molar-refractivity contribution in [1.82, 2.24) is 4.90 Å². The number of anilines is 1. The van der Waals surface area contributed by atoms with Crippen LogP contribution in [0.1, 0.15) is 6.42 Å². The van der Waals surface area contributed by atoms with Crippen LogP contribution >= 0.6 is 24.0 Å². The van der Waals surface area contributed by atoms with Crippen molar-refractivity contribution >= 4 is 35.6 Å². The van der Waals surface area contributed by atoms with Gasteiger partial charge in [-0.05, 0) is 31.0 Å². The number of likely N-dealkylation sites (tertiary alicyclic amines) is 1. The summed E-state index contributed by atoms with van der Waals surface area (Å²) in [6.45, 7) is 0.484. The van der Waals surface area contributed by atoms with Crippen LogP contribution in [0.4, 0.5) is 18.9 Å². The van der Waals surface area contributed by atoms with Gasteiger partial charge < -0.3 is 11.1 Å². The molecule has 4 nitrogen and oxygen atoms in total. The molecule has 0 aromatic heterocycles. The maximum absolute atomic E-state index is 12.3. The van der Waals surface area contributed by atoms with Gasteiger partial charge in [-0.1, -0.05) is 18.2 Å². The smallest absolute Gasteiger partial charge is 0.370 e. The molecule has 0 radical (unpaired) electrons. The van der Waals surface area contributed by atoms with Crippen LogP contribution in [0.3, 0.4) is 0 Å². The topological polar surface area (TPSA) is 53.6 Å². The first-order valence-electron chi connectivity index (χ1n) is 6.83. The fourth-order valence-electron chi connectivity index (χ4n) is 2.40. The summed E-state index contributed by atoms with van der Waals surface area (Å²) >= 11 is 0. The Hall–Kier alpha value is -1.03. The van der Waals surface area contributed by atoms with E-state index in [2.05, 4.69) is 10.3 Å². The molecular formula is C14H20F3IN4. The van der Waals surface area contributed by atoms with Crippen LogP contribution in [0.15, 0.2) is 35.3 Å². The minimum atomic E-state index is -4.13. The highest BCUT2D eigenvalue weighted by atomic mass is 127. The second-order valence-corrected chi connectivity index (χ2v) is 5.22. The highest BCUT2D eigenvalue weighted by Crippen LogP contribution is 2.22. The standard InChI is InChI=1S/C14H19F3N4.HI/c15-14(16,17)10-21-7-6-11(9-21)8-19-13(18)20-12-4-2-1-3-5-12;/h1-5,11H,6-10H2,(H3,18,19,20);1H. The maximum atomic E-state index is 12.3. The Labute approximate surface area is 145 Å². The Kier molecular flexibility index (Phi) is 7.40. The van der Waals surface area contributed by atoms with Gasteiger partial charge in [-0.2, -0.15) is 13.2 Å². The van der Waals surface area contributed by atoms with Gasteiger partial charge in [0.1, 0.15) is 0 Å². The summed E-state index contributed by atoms with van der Waals surface area (Å²) in [5.74, 6) is 0.416. The van der Waals surface area contributed by atoms with E-state index in [1.54, 1.807) is 0 Å². The number of guanidine groups is 1. The summed E-state index contributed by atoms with van der Waals surface area (Å²) in [7, 11) is 0. The van der Waals surface area contributed by atoms with E-state index in [-0.39, 0.29) is 35.9 Å². The van der Waals surface area contributed by atoms with Crippen LogP contribution in [0.25, 0.3) is 0 Å². The molecule has 8 heteroatoms. The molecule has 0 amide bonds. The minimum Gasteiger partial charge on any atom is -0.370 e. The number of nitrogens with one attached hydrogen (secondary N) is 1. The van der Waals surface area contributed by atoms with Gasteiger partial charge in [0.05, 0.1) is 6.54 Å². The van der Waals surface area contributed by atoms with Gasteiger partial charge in [-0.25, -0.2) is 0 Å². The monoisotopic (exact) mass is 428 g/mol. The van der Waals surface area contributed by atoms with Gasteiger partial charge >= 0.3 is 6.18 Å². The van der Waals surface area contributed by atoms with E-state index in [1.165, 1.54) is 4.90 Å². The molecule has 3 N–H and O–H groups in total. The maximum Gasteiger partial charge on any atom is 0.401 e. The summed E-state index contributed by atoms with van der Waals surface area (Å²) in [5.41, 5.74) is 6.60. The van der Waals surface area contributed by atoms with E-state index in [4.69, 9.17) is 5.73 Å². The lowest BCUT2D eigenvalue weighted by atomic mass is 10.1. The fraction of sp³-hybridized carbons (Fsp3) is 0.500. The van der Waals surface area contributed by atoms with Crippen LogP contribution in [0.5, 0.6) is 0 Å². The number of nitrogens with two attached hydrogens (primary N) is 1. The quantitative estimate of drug-likeness (QED) is 0.441. The zero-order chi connectivity index (χ0) is 15.3. The zero-order valence-corrected chi connectivity index (χ0v) is 14.3. The largest absolute Gasteiger partial charge is 0.401 e. The van der Waals surface area contributed by atoms with E-state index in [1.807, 2.05) is 30.3 Å². The number of benzene rings is 1. The van der Waals surface area contributed by atoms with Crippen molar-refractivity contribution in [3.63, 3.8) is 0 Å². The lowest BCUT2D eigenvalue weighted by Crippen LogP contribution is -2.32. The van der Waals surface area contributed by atoms with Crippen LogP contribution in [-0.4, -0.2) is 43.2 Å². The normalized spacial score (nSPS) is 19.8. The third kappa shape index (κ3) is 6.82. The minimum absolute atomic E-state index is 0. The van der Waals surface area contributed by atoms with Gasteiger partial charge in [0.25, 0.3) is 0 Å². The van der Waals surface area contributed by atoms with Crippen LogP contribution < -0.4 is 11.1 Å². The first kappa shape index (κ1) is 19.0. The van der Waals surface area contributed by atoms with E-state index in [0.717, 1.165) is 12.1 Å². The average Bonchev–Trinajstić information content (AvgIpc) is 2.83. The summed E-state index contributed by atoms with van der Waals surface area (Å²) < 4.78 is 36.9. The molecule has 124 valence electrons. The third-order valence-electron chi connectivity index (χ3n) is 3.34. The van der Waals surface area contributed by atoms with Gasteiger partial charge in [0.15, 0.2) is 5.96 Å². The predicted octanol–water partition coefficient (Wildman–Crippen LogP) is 2.92. The molecule has 1 aromatic carbocycles. The van der Waals surface area contributed by atoms with Crippen molar-refractivity contribution in [2.45, 2.75) is 12.6 Å². The van der Waals surface area contributed by atoms with Crippen LogP contribution in [-0.2, 0) is 0 Å². The van der Waals surface area contributed by atoms with Crippen molar-refractivity contribution in [2.75, 3.05) is 31.5 Å². The lowest BCUT2D eigenvalue weighted by Gasteiger charge is -2.17. The number of hydrogen-bond donors (Lipinski definition) is 2. The first-order valence-corrected chi connectivity index (χ1v) is 6.83. The molecule has 0 saturated carbocycles. The van der Waals surface area contributed by atoms with E-state index in [9.17, 15) is 13.2 Å². The molecule has 1 unspecified atom stereocenters. The van der Waals surface area contributed by atoms with Gasteiger partial charge in [-0.15, -0.1) is 24.0 Å². The first-order chi connectivity index (χ1) is 9.92. The Bertz CT molecular complexity index is 479. The highest BCUT2D eigenvalue weighted by molar-refractivity contribution is 14.0. The molecule has 1 fully saturated rings. The molecule has 1 aliphatic heterocycles. The van der Waals surface area contributed by atoms with Crippen molar-refractivity contribution in [1.29, 1.82) is 0 Å². The summed E-state index contributed by atoms with van der Waals surface area (Å²) in [5, 5.41) is 2.95.